The number of nitrogens with one attached hydrogen (secondary N) is 1. The Hall–Kier alpha value is 0.110. The van der Waals surface area contributed by atoms with E-state index in [9.17, 15) is 4.21 Å². The molecule has 1 N–H and O–H groups in total. The fourth-order valence-corrected chi connectivity index (χ4v) is 2.76. The van der Waals surface area contributed by atoms with Gasteiger partial charge in [0, 0.05) is 28.9 Å². The zero-order valence-electron chi connectivity index (χ0n) is 9.42. The second kappa shape index (κ2) is 6.57. The van der Waals surface area contributed by atoms with Crippen molar-refractivity contribution in [2.45, 2.75) is 45.1 Å². The number of hydrogen-bond donors (Lipinski definition) is 1. The minimum atomic E-state index is -0.617. The van der Waals surface area contributed by atoms with Crippen LogP contribution >= 0.6 is 0 Å². The zero-order chi connectivity index (χ0) is 10.4. The third-order valence-corrected chi connectivity index (χ3v) is 4.02. The van der Waals surface area contributed by atoms with Crippen LogP contribution in [0.15, 0.2) is 0 Å². The third kappa shape index (κ3) is 4.56. The lowest BCUT2D eigenvalue weighted by Gasteiger charge is -2.12. The van der Waals surface area contributed by atoms with Gasteiger partial charge < -0.3 is 5.32 Å². The molecule has 3 atom stereocenters. The largest absolute Gasteiger partial charge is 0.314 e. The van der Waals surface area contributed by atoms with Crippen LogP contribution in [0.4, 0.5) is 0 Å². The Morgan fingerprint density at radius 3 is 2.79 bits per heavy atom. The lowest BCUT2D eigenvalue weighted by molar-refractivity contribution is 0.477. The van der Waals surface area contributed by atoms with Gasteiger partial charge in [-0.2, -0.15) is 0 Å². The molecule has 0 aromatic rings. The Balaban J connectivity index is 2.00. The second-order valence-electron chi connectivity index (χ2n) is 4.37. The maximum Gasteiger partial charge on any atom is 0.0244 e. The molecule has 14 heavy (non-hydrogen) atoms. The molecule has 1 aliphatic carbocycles. The first-order valence-corrected chi connectivity index (χ1v) is 7.48. The van der Waals surface area contributed by atoms with E-state index in [0.29, 0.717) is 0 Å². The standard InChI is InChI=1S/C11H23NOS/c1-3-10-5-6-11(9-10)12-7-4-8-14(2)13/h10-12H,3-9H2,1-2H3. The van der Waals surface area contributed by atoms with Crippen LogP contribution in [-0.2, 0) is 10.8 Å². The molecule has 1 fully saturated rings. The van der Waals surface area contributed by atoms with Gasteiger partial charge in [-0.1, -0.05) is 13.3 Å². The minimum absolute atomic E-state index is 0.617. The first kappa shape index (κ1) is 12.2. The van der Waals surface area contributed by atoms with Crippen molar-refractivity contribution in [2.24, 2.45) is 5.92 Å². The Bertz CT molecular complexity index is 184. The maximum absolute atomic E-state index is 10.8. The van der Waals surface area contributed by atoms with Crippen molar-refractivity contribution < 1.29 is 4.21 Å². The van der Waals surface area contributed by atoms with Gasteiger partial charge in [-0.15, -0.1) is 0 Å². The van der Waals surface area contributed by atoms with Crippen LogP contribution in [0.1, 0.15) is 39.0 Å². The third-order valence-electron chi connectivity index (χ3n) is 3.16. The fourth-order valence-electron chi connectivity index (χ4n) is 2.21. The lowest BCUT2D eigenvalue weighted by Crippen LogP contribution is -2.28. The van der Waals surface area contributed by atoms with Crippen LogP contribution in [0, 0.1) is 5.92 Å². The van der Waals surface area contributed by atoms with Gasteiger partial charge in [-0.25, -0.2) is 0 Å². The molecule has 0 radical (unpaired) electrons. The molecule has 0 saturated heterocycles. The summed E-state index contributed by atoms with van der Waals surface area (Å²) < 4.78 is 10.8. The molecule has 0 aliphatic heterocycles. The summed E-state index contributed by atoms with van der Waals surface area (Å²) in [4.78, 5) is 0. The van der Waals surface area contributed by atoms with E-state index in [0.717, 1.165) is 30.7 Å². The van der Waals surface area contributed by atoms with Crippen LogP contribution in [0.5, 0.6) is 0 Å². The summed E-state index contributed by atoms with van der Waals surface area (Å²) in [6.45, 7) is 3.33. The minimum Gasteiger partial charge on any atom is -0.314 e. The molecule has 84 valence electrons. The van der Waals surface area contributed by atoms with E-state index in [1.807, 2.05) is 0 Å². The molecule has 1 saturated carbocycles. The van der Waals surface area contributed by atoms with Gasteiger partial charge in [-0.3, -0.25) is 4.21 Å². The first-order valence-electron chi connectivity index (χ1n) is 5.75. The summed E-state index contributed by atoms with van der Waals surface area (Å²) in [6, 6.07) is 0.741. The molecule has 1 rings (SSSR count). The van der Waals surface area contributed by atoms with Crippen molar-refractivity contribution in [3.8, 4) is 0 Å². The Kier molecular flexibility index (Phi) is 5.71. The summed E-state index contributed by atoms with van der Waals surface area (Å²) >= 11 is 0. The normalized spacial score (nSPS) is 29.3. The van der Waals surface area contributed by atoms with Gasteiger partial charge in [0.25, 0.3) is 0 Å². The molecule has 3 heteroatoms. The molecule has 0 heterocycles. The van der Waals surface area contributed by atoms with Crippen LogP contribution < -0.4 is 5.32 Å². The first-order chi connectivity index (χ1) is 6.72. The average molecular weight is 217 g/mol. The highest BCUT2D eigenvalue weighted by Crippen LogP contribution is 2.27. The highest BCUT2D eigenvalue weighted by atomic mass is 32.2. The molecular formula is C11H23NOS. The van der Waals surface area contributed by atoms with Crippen LogP contribution in [0.25, 0.3) is 0 Å². The fraction of sp³-hybridized carbons (Fsp3) is 1.00. The van der Waals surface area contributed by atoms with E-state index in [4.69, 9.17) is 0 Å². The average Bonchev–Trinajstić information content (AvgIpc) is 2.60. The van der Waals surface area contributed by atoms with Crippen LogP contribution in [0.2, 0.25) is 0 Å². The quantitative estimate of drug-likeness (QED) is 0.689. The van der Waals surface area contributed by atoms with Gasteiger partial charge >= 0.3 is 0 Å². The van der Waals surface area contributed by atoms with E-state index < -0.39 is 10.8 Å². The smallest absolute Gasteiger partial charge is 0.0244 e. The Morgan fingerprint density at radius 1 is 1.43 bits per heavy atom. The molecule has 2 nitrogen and oxygen atoms in total. The van der Waals surface area contributed by atoms with Crippen molar-refractivity contribution in [3.63, 3.8) is 0 Å². The summed E-state index contributed by atoms with van der Waals surface area (Å²) in [5.41, 5.74) is 0. The van der Waals surface area contributed by atoms with Crippen molar-refractivity contribution in [1.82, 2.24) is 5.32 Å². The summed E-state index contributed by atoms with van der Waals surface area (Å²) in [5.74, 6) is 1.80. The highest BCUT2D eigenvalue weighted by Gasteiger charge is 2.22. The maximum atomic E-state index is 10.8. The molecule has 0 bridgehead atoms. The summed E-state index contributed by atoms with van der Waals surface area (Å²) in [6.07, 6.45) is 8.25. The topological polar surface area (TPSA) is 29.1 Å². The van der Waals surface area contributed by atoms with Gasteiger partial charge in [0.15, 0.2) is 0 Å². The van der Waals surface area contributed by atoms with Crippen molar-refractivity contribution in [2.75, 3.05) is 18.6 Å². The number of rotatable bonds is 6. The van der Waals surface area contributed by atoms with Crippen LogP contribution in [-0.4, -0.2) is 28.8 Å². The van der Waals surface area contributed by atoms with Crippen LogP contribution in [0.3, 0.4) is 0 Å². The zero-order valence-corrected chi connectivity index (χ0v) is 10.2. The van der Waals surface area contributed by atoms with E-state index in [2.05, 4.69) is 12.2 Å². The predicted octanol–water partition coefficient (Wildman–Crippen LogP) is 1.92. The van der Waals surface area contributed by atoms with Crippen molar-refractivity contribution in [1.29, 1.82) is 0 Å². The van der Waals surface area contributed by atoms with Gasteiger partial charge in [0.1, 0.15) is 0 Å². The second-order valence-corrected chi connectivity index (χ2v) is 5.92. The Morgan fingerprint density at radius 2 is 2.21 bits per heavy atom. The lowest BCUT2D eigenvalue weighted by atomic mass is 10.1. The molecule has 0 spiro atoms. The van der Waals surface area contributed by atoms with E-state index in [1.165, 1.54) is 25.7 Å². The Labute approximate surface area is 90.3 Å². The van der Waals surface area contributed by atoms with Gasteiger partial charge in [-0.05, 0) is 38.1 Å². The molecule has 1 aliphatic rings. The monoisotopic (exact) mass is 217 g/mol. The molecular weight excluding hydrogens is 194 g/mol. The summed E-state index contributed by atoms with van der Waals surface area (Å²) in [7, 11) is -0.617. The summed E-state index contributed by atoms with van der Waals surface area (Å²) in [5, 5.41) is 3.57. The van der Waals surface area contributed by atoms with Gasteiger partial charge in [0.05, 0.1) is 0 Å². The SMILES string of the molecule is CCC1CCC(NCCCS(C)=O)C1. The predicted molar refractivity (Wildman–Crippen MR) is 63.0 cm³/mol. The number of hydrogen-bond acceptors (Lipinski definition) is 2. The van der Waals surface area contributed by atoms with Gasteiger partial charge in [0.2, 0.25) is 0 Å². The van der Waals surface area contributed by atoms with Crippen molar-refractivity contribution in [3.05, 3.63) is 0 Å². The molecule has 0 amide bonds. The highest BCUT2D eigenvalue weighted by molar-refractivity contribution is 7.84. The molecule has 0 aromatic carbocycles. The van der Waals surface area contributed by atoms with E-state index in [-0.39, 0.29) is 0 Å². The molecule has 0 aromatic heterocycles. The molecule has 3 unspecified atom stereocenters. The van der Waals surface area contributed by atoms with E-state index in [1.54, 1.807) is 6.26 Å². The van der Waals surface area contributed by atoms with E-state index >= 15 is 0 Å². The van der Waals surface area contributed by atoms with Crippen molar-refractivity contribution >= 4 is 10.8 Å².